The van der Waals surface area contributed by atoms with Gasteiger partial charge in [-0.3, -0.25) is 9.59 Å². The lowest BCUT2D eigenvalue weighted by atomic mass is 9.91. The number of carbonyl (C=O) groups excluding carboxylic acids is 2. The van der Waals surface area contributed by atoms with Crippen molar-refractivity contribution in [2.45, 2.75) is 52.9 Å². The van der Waals surface area contributed by atoms with Crippen LogP contribution in [-0.2, 0) is 16.0 Å². The standard InChI is InChI=1S/C24H30N2O2/c1-16(2)20-10-8-11-21(17(3)4)24(20)26(18(5)27)15-23(28)25-14-13-19-9-6-7-12-22(19)25/h6-12,16-17H,13-15H2,1-5H3. The molecule has 28 heavy (non-hydrogen) atoms. The van der Waals surface area contributed by atoms with E-state index in [0.29, 0.717) is 6.54 Å². The van der Waals surface area contributed by atoms with Crippen molar-refractivity contribution in [1.82, 2.24) is 0 Å². The fourth-order valence-electron chi connectivity index (χ4n) is 3.99. The number of anilines is 2. The van der Waals surface area contributed by atoms with Crippen LogP contribution in [0.1, 0.15) is 63.1 Å². The topological polar surface area (TPSA) is 40.6 Å². The van der Waals surface area contributed by atoms with Crippen LogP contribution in [0.4, 0.5) is 11.4 Å². The molecule has 0 saturated heterocycles. The molecule has 0 fully saturated rings. The Labute approximate surface area is 168 Å². The first kappa shape index (κ1) is 20.1. The molecule has 0 aromatic heterocycles. The number of rotatable bonds is 5. The van der Waals surface area contributed by atoms with Crippen LogP contribution in [0.3, 0.4) is 0 Å². The number of hydrogen-bond donors (Lipinski definition) is 0. The summed E-state index contributed by atoms with van der Waals surface area (Å²) in [5.41, 5.74) is 5.28. The summed E-state index contributed by atoms with van der Waals surface area (Å²) in [6, 6.07) is 14.2. The second-order valence-corrected chi connectivity index (χ2v) is 8.12. The Kier molecular flexibility index (Phi) is 5.87. The van der Waals surface area contributed by atoms with Crippen LogP contribution in [0, 0.1) is 0 Å². The van der Waals surface area contributed by atoms with E-state index >= 15 is 0 Å². The van der Waals surface area contributed by atoms with Crippen molar-refractivity contribution in [3.63, 3.8) is 0 Å². The first-order valence-corrected chi connectivity index (χ1v) is 10.1. The van der Waals surface area contributed by atoms with E-state index in [2.05, 4.69) is 45.9 Å². The number of amides is 2. The van der Waals surface area contributed by atoms with Crippen LogP contribution in [0.15, 0.2) is 42.5 Å². The second-order valence-electron chi connectivity index (χ2n) is 8.12. The molecular weight excluding hydrogens is 348 g/mol. The van der Waals surface area contributed by atoms with E-state index < -0.39 is 0 Å². The van der Waals surface area contributed by atoms with Crippen LogP contribution < -0.4 is 9.80 Å². The molecule has 0 spiro atoms. The molecule has 0 saturated carbocycles. The molecule has 2 aromatic rings. The molecule has 0 aliphatic carbocycles. The molecule has 3 rings (SSSR count). The number of fused-ring (bicyclic) bond motifs is 1. The summed E-state index contributed by atoms with van der Waals surface area (Å²) >= 11 is 0. The summed E-state index contributed by atoms with van der Waals surface area (Å²) in [4.78, 5) is 29.3. The zero-order valence-corrected chi connectivity index (χ0v) is 17.5. The molecule has 1 aliphatic heterocycles. The Morgan fingerprint density at radius 1 is 0.964 bits per heavy atom. The minimum Gasteiger partial charge on any atom is -0.310 e. The zero-order valence-electron chi connectivity index (χ0n) is 17.5. The Morgan fingerprint density at radius 3 is 2.14 bits per heavy atom. The molecule has 0 bridgehead atoms. The minimum atomic E-state index is -0.101. The van der Waals surface area contributed by atoms with E-state index in [1.807, 2.05) is 29.2 Å². The average molecular weight is 379 g/mol. The molecule has 2 amide bonds. The molecule has 1 aliphatic rings. The molecule has 0 unspecified atom stereocenters. The quantitative estimate of drug-likeness (QED) is 0.744. The van der Waals surface area contributed by atoms with Crippen molar-refractivity contribution < 1.29 is 9.59 Å². The van der Waals surface area contributed by atoms with Crippen molar-refractivity contribution in [1.29, 1.82) is 0 Å². The van der Waals surface area contributed by atoms with Gasteiger partial charge in [-0.2, -0.15) is 0 Å². The molecular formula is C24H30N2O2. The Hall–Kier alpha value is -2.62. The summed E-state index contributed by atoms with van der Waals surface area (Å²) in [7, 11) is 0. The van der Waals surface area contributed by atoms with Gasteiger partial charge in [-0.05, 0) is 41.0 Å². The van der Waals surface area contributed by atoms with Gasteiger partial charge < -0.3 is 9.80 Å². The number of benzene rings is 2. The van der Waals surface area contributed by atoms with Crippen LogP contribution in [0.5, 0.6) is 0 Å². The van der Waals surface area contributed by atoms with Gasteiger partial charge in [-0.25, -0.2) is 0 Å². The molecule has 0 atom stereocenters. The number of carbonyl (C=O) groups is 2. The maximum atomic E-state index is 13.2. The summed E-state index contributed by atoms with van der Waals surface area (Å²) in [5, 5.41) is 0. The molecule has 4 heteroatoms. The van der Waals surface area contributed by atoms with Crippen LogP contribution in [-0.4, -0.2) is 24.9 Å². The van der Waals surface area contributed by atoms with Gasteiger partial charge in [0.15, 0.2) is 0 Å². The van der Waals surface area contributed by atoms with E-state index in [-0.39, 0.29) is 30.2 Å². The van der Waals surface area contributed by atoms with Crippen molar-refractivity contribution in [3.05, 3.63) is 59.2 Å². The first-order chi connectivity index (χ1) is 13.3. The van der Waals surface area contributed by atoms with Gasteiger partial charge in [0.2, 0.25) is 11.8 Å². The van der Waals surface area contributed by atoms with Crippen molar-refractivity contribution in [3.8, 4) is 0 Å². The smallest absolute Gasteiger partial charge is 0.247 e. The van der Waals surface area contributed by atoms with E-state index in [1.165, 1.54) is 5.56 Å². The third-order valence-electron chi connectivity index (χ3n) is 5.47. The van der Waals surface area contributed by atoms with E-state index in [1.54, 1.807) is 11.8 Å². The maximum absolute atomic E-state index is 13.2. The molecule has 2 aromatic carbocycles. The highest BCUT2D eigenvalue weighted by atomic mass is 16.2. The zero-order chi connectivity index (χ0) is 20.4. The van der Waals surface area contributed by atoms with Crippen molar-refractivity contribution in [2.75, 3.05) is 22.9 Å². The average Bonchev–Trinajstić information content (AvgIpc) is 3.09. The van der Waals surface area contributed by atoms with Gasteiger partial charge in [0.25, 0.3) is 0 Å². The van der Waals surface area contributed by atoms with Crippen LogP contribution >= 0.6 is 0 Å². The Bertz CT molecular complexity index is 860. The summed E-state index contributed by atoms with van der Waals surface area (Å²) in [5.74, 6) is 0.389. The van der Waals surface area contributed by atoms with Gasteiger partial charge in [-0.15, -0.1) is 0 Å². The van der Waals surface area contributed by atoms with Crippen LogP contribution in [0.25, 0.3) is 0 Å². The highest BCUT2D eigenvalue weighted by Gasteiger charge is 2.29. The monoisotopic (exact) mass is 378 g/mol. The summed E-state index contributed by atoms with van der Waals surface area (Å²) in [6.45, 7) is 10.8. The third kappa shape index (κ3) is 3.82. The summed E-state index contributed by atoms with van der Waals surface area (Å²) < 4.78 is 0. The predicted molar refractivity (Wildman–Crippen MR) is 115 cm³/mol. The second kappa shape index (κ2) is 8.17. The molecule has 0 radical (unpaired) electrons. The highest BCUT2D eigenvalue weighted by Crippen LogP contribution is 2.36. The van der Waals surface area contributed by atoms with E-state index in [4.69, 9.17) is 0 Å². The van der Waals surface area contributed by atoms with Gasteiger partial charge in [0.1, 0.15) is 6.54 Å². The van der Waals surface area contributed by atoms with E-state index in [0.717, 1.165) is 28.9 Å². The molecule has 148 valence electrons. The highest BCUT2D eigenvalue weighted by molar-refractivity contribution is 6.04. The fraction of sp³-hybridized carbons (Fsp3) is 0.417. The Balaban J connectivity index is 1.98. The van der Waals surface area contributed by atoms with Gasteiger partial charge >= 0.3 is 0 Å². The van der Waals surface area contributed by atoms with E-state index in [9.17, 15) is 9.59 Å². The SMILES string of the molecule is CC(=O)N(CC(=O)N1CCc2ccccc21)c1c(C(C)C)cccc1C(C)C. The van der Waals surface area contributed by atoms with Gasteiger partial charge in [-0.1, -0.05) is 64.1 Å². The lowest BCUT2D eigenvalue weighted by Gasteiger charge is -2.30. The largest absolute Gasteiger partial charge is 0.310 e. The minimum absolute atomic E-state index is 0.0339. The third-order valence-corrected chi connectivity index (χ3v) is 5.47. The van der Waals surface area contributed by atoms with Crippen molar-refractivity contribution in [2.24, 2.45) is 0 Å². The fourth-order valence-corrected chi connectivity index (χ4v) is 3.99. The molecule has 4 nitrogen and oxygen atoms in total. The van der Waals surface area contributed by atoms with Gasteiger partial charge in [0, 0.05) is 19.2 Å². The normalized spacial score (nSPS) is 13.2. The first-order valence-electron chi connectivity index (χ1n) is 10.1. The lowest BCUT2D eigenvalue weighted by molar-refractivity contribution is -0.121. The van der Waals surface area contributed by atoms with Crippen LogP contribution in [0.2, 0.25) is 0 Å². The molecule has 0 N–H and O–H groups in total. The maximum Gasteiger partial charge on any atom is 0.247 e. The van der Waals surface area contributed by atoms with Gasteiger partial charge in [0.05, 0.1) is 5.69 Å². The number of nitrogens with zero attached hydrogens (tertiary/aromatic N) is 2. The summed E-state index contributed by atoms with van der Waals surface area (Å²) in [6.07, 6.45) is 0.863. The lowest BCUT2D eigenvalue weighted by Crippen LogP contribution is -2.42. The predicted octanol–water partition coefficient (Wildman–Crippen LogP) is 4.88. The molecule has 1 heterocycles. The number of hydrogen-bond acceptors (Lipinski definition) is 2. The van der Waals surface area contributed by atoms with Crippen molar-refractivity contribution >= 4 is 23.2 Å². The Morgan fingerprint density at radius 2 is 1.57 bits per heavy atom. The number of para-hydroxylation sites is 2.